The number of hydrogen-bond donors (Lipinski definition) is 0. The summed E-state index contributed by atoms with van der Waals surface area (Å²) >= 11 is 6.14. The van der Waals surface area contributed by atoms with E-state index in [-0.39, 0.29) is 5.38 Å². The van der Waals surface area contributed by atoms with E-state index in [1.807, 2.05) is 0 Å². The number of rotatable bonds is 5. The highest BCUT2D eigenvalue weighted by Crippen LogP contribution is 2.19. The van der Waals surface area contributed by atoms with Crippen molar-refractivity contribution in [1.82, 2.24) is 0 Å². The van der Waals surface area contributed by atoms with Crippen LogP contribution in [0.15, 0.2) is 12.1 Å². The van der Waals surface area contributed by atoms with Crippen molar-refractivity contribution in [2.75, 3.05) is 13.7 Å². The third-order valence-electron chi connectivity index (χ3n) is 2.90. The van der Waals surface area contributed by atoms with Crippen LogP contribution in [-0.4, -0.2) is 19.1 Å². The summed E-state index contributed by atoms with van der Waals surface area (Å²) in [6, 6.07) is 4.48. The Morgan fingerprint density at radius 1 is 1.19 bits per heavy atom. The van der Waals surface area contributed by atoms with Gasteiger partial charge in [-0.2, -0.15) is 0 Å². The van der Waals surface area contributed by atoms with Crippen molar-refractivity contribution in [3.8, 4) is 0 Å². The summed E-state index contributed by atoms with van der Waals surface area (Å²) in [4.78, 5) is 0. The van der Waals surface area contributed by atoms with Crippen molar-refractivity contribution in [2.24, 2.45) is 0 Å². The summed E-state index contributed by atoms with van der Waals surface area (Å²) in [6.45, 7) is 7.12. The van der Waals surface area contributed by atoms with Gasteiger partial charge in [-0.1, -0.05) is 17.7 Å². The molecule has 2 heteroatoms. The van der Waals surface area contributed by atoms with E-state index in [0.29, 0.717) is 6.61 Å². The predicted octanol–water partition coefficient (Wildman–Crippen LogP) is 3.80. The maximum atomic E-state index is 6.14. The van der Waals surface area contributed by atoms with Crippen molar-refractivity contribution < 1.29 is 4.74 Å². The van der Waals surface area contributed by atoms with Crippen molar-refractivity contribution in [3.05, 3.63) is 34.4 Å². The number of halogens is 1. The van der Waals surface area contributed by atoms with Crippen LogP contribution in [0.3, 0.4) is 0 Å². The van der Waals surface area contributed by atoms with Gasteiger partial charge >= 0.3 is 0 Å². The van der Waals surface area contributed by atoms with Gasteiger partial charge in [0, 0.05) is 7.11 Å². The van der Waals surface area contributed by atoms with Crippen molar-refractivity contribution >= 4 is 11.6 Å². The molecule has 0 spiro atoms. The van der Waals surface area contributed by atoms with E-state index in [1.54, 1.807) is 7.11 Å². The van der Waals surface area contributed by atoms with Crippen LogP contribution in [0.2, 0.25) is 0 Å². The number of aryl methyl sites for hydroxylation is 3. The Labute approximate surface area is 104 Å². The Balaban J connectivity index is 2.67. The van der Waals surface area contributed by atoms with Crippen molar-refractivity contribution in [3.63, 3.8) is 0 Å². The van der Waals surface area contributed by atoms with Crippen molar-refractivity contribution in [2.45, 2.75) is 39.0 Å². The Morgan fingerprint density at radius 3 is 2.25 bits per heavy atom. The SMILES string of the molecule is COCC(Cl)CCc1c(C)cc(C)cc1C. The van der Waals surface area contributed by atoms with Gasteiger partial charge in [0.2, 0.25) is 0 Å². The van der Waals surface area contributed by atoms with Gasteiger partial charge in [-0.3, -0.25) is 0 Å². The van der Waals surface area contributed by atoms with E-state index in [4.69, 9.17) is 16.3 Å². The van der Waals surface area contributed by atoms with Crippen LogP contribution in [0.25, 0.3) is 0 Å². The van der Waals surface area contributed by atoms with E-state index in [9.17, 15) is 0 Å². The zero-order valence-electron chi connectivity index (χ0n) is 10.6. The standard InChI is InChI=1S/C14H21ClO/c1-10-7-11(2)14(12(3)8-10)6-5-13(15)9-16-4/h7-8,13H,5-6,9H2,1-4H3. The second-order valence-electron chi connectivity index (χ2n) is 4.47. The first kappa shape index (κ1) is 13.5. The zero-order valence-corrected chi connectivity index (χ0v) is 11.4. The molecule has 0 heterocycles. The topological polar surface area (TPSA) is 9.23 Å². The van der Waals surface area contributed by atoms with Crippen LogP contribution in [0, 0.1) is 20.8 Å². The highest BCUT2D eigenvalue weighted by molar-refractivity contribution is 6.20. The molecule has 0 aromatic heterocycles. The molecule has 0 saturated carbocycles. The van der Waals surface area contributed by atoms with Crippen LogP contribution < -0.4 is 0 Å². The van der Waals surface area contributed by atoms with E-state index >= 15 is 0 Å². The summed E-state index contributed by atoms with van der Waals surface area (Å²) in [6.07, 6.45) is 2.01. The lowest BCUT2D eigenvalue weighted by molar-refractivity contribution is 0.195. The molecule has 0 fully saturated rings. The minimum atomic E-state index is 0.116. The molecule has 1 aromatic rings. The lowest BCUT2D eigenvalue weighted by Crippen LogP contribution is -2.09. The van der Waals surface area contributed by atoms with E-state index < -0.39 is 0 Å². The quantitative estimate of drug-likeness (QED) is 0.712. The average molecular weight is 241 g/mol. The first-order valence-electron chi connectivity index (χ1n) is 5.74. The normalized spacial score (nSPS) is 12.8. The van der Waals surface area contributed by atoms with Crippen LogP contribution in [0.5, 0.6) is 0 Å². The molecule has 0 radical (unpaired) electrons. The molecule has 0 aliphatic heterocycles. The van der Waals surface area contributed by atoms with Gasteiger partial charge in [0.1, 0.15) is 0 Å². The maximum Gasteiger partial charge on any atom is 0.0626 e. The van der Waals surface area contributed by atoms with Gasteiger partial charge in [-0.25, -0.2) is 0 Å². The fourth-order valence-electron chi connectivity index (χ4n) is 2.17. The third-order valence-corrected chi connectivity index (χ3v) is 3.24. The van der Waals surface area contributed by atoms with Crippen LogP contribution in [0.1, 0.15) is 28.7 Å². The number of ether oxygens (including phenoxy) is 1. The Morgan fingerprint density at radius 2 is 1.75 bits per heavy atom. The Kier molecular flexibility index (Phi) is 5.30. The molecular weight excluding hydrogens is 220 g/mol. The molecule has 0 bridgehead atoms. The van der Waals surface area contributed by atoms with Gasteiger partial charge in [0.25, 0.3) is 0 Å². The number of benzene rings is 1. The maximum absolute atomic E-state index is 6.14. The molecule has 0 saturated heterocycles. The molecule has 1 unspecified atom stereocenters. The molecule has 0 aliphatic rings. The molecule has 0 amide bonds. The number of alkyl halides is 1. The van der Waals surface area contributed by atoms with E-state index in [1.165, 1.54) is 22.3 Å². The van der Waals surface area contributed by atoms with E-state index in [2.05, 4.69) is 32.9 Å². The highest BCUT2D eigenvalue weighted by atomic mass is 35.5. The molecule has 0 N–H and O–H groups in total. The van der Waals surface area contributed by atoms with Gasteiger partial charge in [-0.15, -0.1) is 11.6 Å². The molecule has 1 aromatic carbocycles. The number of methoxy groups -OCH3 is 1. The molecular formula is C14H21ClO. The lowest BCUT2D eigenvalue weighted by Gasteiger charge is -2.13. The van der Waals surface area contributed by atoms with Crippen LogP contribution in [0.4, 0.5) is 0 Å². The predicted molar refractivity (Wildman–Crippen MR) is 70.5 cm³/mol. The molecule has 1 rings (SSSR count). The largest absolute Gasteiger partial charge is 0.383 e. The summed E-state index contributed by atoms with van der Waals surface area (Å²) in [5, 5.41) is 0.116. The van der Waals surface area contributed by atoms with Crippen LogP contribution >= 0.6 is 11.6 Å². The number of hydrogen-bond acceptors (Lipinski definition) is 1. The zero-order chi connectivity index (χ0) is 12.1. The Bertz CT molecular complexity index is 324. The van der Waals surface area contributed by atoms with Gasteiger partial charge in [0.05, 0.1) is 12.0 Å². The third kappa shape index (κ3) is 3.80. The van der Waals surface area contributed by atoms with Crippen molar-refractivity contribution in [1.29, 1.82) is 0 Å². The Hall–Kier alpha value is -0.530. The lowest BCUT2D eigenvalue weighted by atomic mass is 9.96. The van der Waals surface area contributed by atoms with Gasteiger partial charge < -0.3 is 4.74 Å². The van der Waals surface area contributed by atoms with Crippen LogP contribution in [-0.2, 0) is 11.2 Å². The average Bonchev–Trinajstić information content (AvgIpc) is 2.16. The molecule has 0 aliphatic carbocycles. The first-order chi connectivity index (χ1) is 7.54. The summed E-state index contributed by atoms with van der Waals surface area (Å²) in [5.74, 6) is 0. The second kappa shape index (κ2) is 6.27. The second-order valence-corrected chi connectivity index (χ2v) is 5.09. The molecule has 16 heavy (non-hydrogen) atoms. The molecule has 1 atom stereocenters. The highest BCUT2D eigenvalue weighted by Gasteiger charge is 2.08. The van der Waals surface area contributed by atoms with Gasteiger partial charge in [-0.05, 0) is 50.3 Å². The molecule has 1 nitrogen and oxygen atoms in total. The fourth-order valence-corrected chi connectivity index (χ4v) is 2.40. The van der Waals surface area contributed by atoms with Gasteiger partial charge in [0.15, 0.2) is 0 Å². The minimum Gasteiger partial charge on any atom is -0.383 e. The molecule has 90 valence electrons. The fraction of sp³-hybridized carbons (Fsp3) is 0.571. The summed E-state index contributed by atoms with van der Waals surface area (Å²) in [5.41, 5.74) is 5.52. The monoisotopic (exact) mass is 240 g/mol. The summed E-state index contributed by atoms with van der Waals surface area (Å²) < 4.78 is 5.04. The minimum absolute atomic E-state index is 0.116. The van der Waals surface area contributed by atoms with E-state index in [0.717, 1.165) is 12.8 Å². The summed E-state index contributed by atoms with van der Waals surface area (Å²) in [7, 11) is 1.69. The first-order valence-corrected chi connectivity index (χ1v) is 6.18. The smallest absolute Gasteiger partial charge is 0.0626 e.